The van der Waals surface area contributed by atoms with Crippen LogP contribution in [0.2, 0.25) is 0 Å². The zero-order valence-corrected chi connectivity index (χ0v) is 8.07. The summed E-state index contributed by atoms with van der Waals surface area (Å²) in [4.78, 5) is 7.93. The lowest BCUT2D eigenvalue weighted by Crippen LogP contribution is -2.20. The topological polar surface area (TPSA) is 87.6 Å². The SMILES string of the molecule is CC(CCN)Nc1cnc(C#N)cn1. The molecule has 0 saturated carbocycles. The van der Waals surface area contributed by atoms with Crippen LogP contribution in [-0.2, 0) is 0 Å². The first-order valence-corrected chi connectivity index (χ1v) is 4.45. The second-order valence-corrected chi connectivity index (χ2v) is 3.02. The average molecular weight is 191 g/mol. The third-order valence-corrected chi connectivity index (χ3v) is 1.76. The molecule has 0 amide bonds. The summed E-state index contributed by atoms with van der Waals surface area (Å²) >= 11 is 0. The Bertz CT molecular complexity index is 313. The van der Waals surface area contributed by atoms with Crippen LogP contribution in [0.5, 0.6) is 0 Å². The zero-order chi connectivity index (χ0) is 10.4. The number of nitrogens with one attached hydrogen (secondary N) is 1. The summed E-state index contributed by atoms with van der Waals surface area (Å²) in [6.45, 7) is 2.66. The van der Waals surface area contributed by atoms with Crippen molar-refractivity contribution in [3.05, 3.63) is 18.1 Å². The lowest BCUT2D eigenvalue weighted by Gasteiger charge is -2.12. The molecule has 0 fully saturated rings. The third-order valence-electron chi connectivity index (χ3n) is 1.76. The van der Waals surface area contributed by atoms with E-state index < -0.39 is 0 Å². The van der Waals surface area contributed by atoms with E-state index in [0.29, 0.717) is 18.1 Å². The van der Waals surface area contributed by atoms with Gasteiger partial charge in [-0.1, -0.05) is 0 Å². The molecule has 0 aliphatic heterocycles. The average Bonchev–Trinajstić information content (AvgIpc) is 2.19. The number of hydrogen-bond acceptors (Lipinski definition) is 5. The van der Waals surface area contributed by atoms with E-state index in [0.717, 1.165) is 6.42 Å². The molecular formula is C9H13N5. The molecule has 1 aromatic heterocycles. The number of rotatable bonds is 4. The predicted octanol–water partition coefficient (Wildman–Crippen LogP) is 0.497. The van der Waals surface area contributed by atoms with Crippen molar-refractivity contribution in [1.82, 2.24) is 9.97 Å². The smallest absolute Gasteiger partial charge is 0.158 e. The lowest BCUT2D eigenvalue weighted by molar-refractivity contribution is 0.712. The summed E-state index contributed by atoms with van der Waals surface area (Å²) in [7, 11) is 0. The van der Waals surface area contributed by atoms with Crippen molar-refractivity contribution in [1.29, 1.82) is 5.26 Å². The first-order chi connectivity index (χ1) is 6.76. The van der Waals surface area contributed by atoms with Gasteiger partial charge in [-0.05, 0) is 19.9 Å². The van der Waals surface area contributed by atoms with Gasteiger partial charge in [0.1, 0.15) is 11.9 Å². The van der Waals surface area contributed by atoms with Crippen LogP contribution in [0.15, 0.2) is 12.4 Å². The number of aromatic nitrogens is 2. The van der Waals surface area contributed by atoms with E-state index in [9.17, 15) is 0 Å². The second kappa shape index (κ2) is 5.14. The number of hydrogen-bond donors (Lipinski definition) is 2. The molecule has 0 radical (unpaired) electrons. The van der Waals surface area contributed by atoms with Gasteiger partial charge < -0.3 is 11.1 Å². The Morgan fingerprint density at radius 3 is 2.86 bits per heavy atom. The molecule has 1 aromatic rings. The van der Waals surface area contributed by atoms with E-state index in [2.05, 4.69) is 15.3 Å². The molecule has 1 heterocycles. The van der Waals surface area contributed by atoms with Crippen LogP contribution in [-0.4, -0.2) is 22.6 Å². The minimum atomic E-state index is 0.266. The van der Waals surface area contributed by atoms with Gasteiger partial charge in [-0.3, -0.25) is 0 Å². The zero-order valence-electron chi connectivity index (χ0n) is 8.07. The van der Waals surface area contributed by atoms with Crippen molar-refractivity contribution in [2.24, 2.45) is 5.73 Å². The summed E-state index contributed by atoms with van der Waals surface area (Å²) in [6, 6.07) is 2.18. The summed E-state index contributed by atoms with van der Waals surface area (Å²) in [6.07, 6.45) is 3.87. The minimum absolute atomic E-state index is 0.266. The summed E-state index contributed by atoms with van der Waals surface area (Å²) < 4.78 is 0. The fraction of sp³-hybridized carbons (Fsp3) is 0.444. The Hall–Kier alpha value is -1.67. The van der Waals surface area contributed by atoms with E-state index >= 15 is 0 Å². The van der Waals surface area contributed by atoms with Crippen LogP contribution >= 0.6 is 0 Å². The van der Waals surface area contributed by atoms with Crippen molar-refractivity contribution in [3.8, 4) is 6.07 Å². The van der Waals surface area contributed by atoms with Crippen molar-refractivity contribution in [2.75, 3.05) is 11.9 Å². The molecule has 5 nitrogen and oxygen atoms in total. The molecule has 14 heavy (non-hydrogen) atoms. The molecule has 0 aliphatic rings. The van der Waals surface area contributed by atoms with Gasteiger partial charge >= 0.3 is 0 Å². The second-order valence-electron chi connectivity index (χ2n) is 3.02. The molecule has 1 unspecified atom stereocenters. The number of nitriles is 1. The summed E-state index contributed by atoms with van der Waals surface area (Å²) in [5.41, 5.74) is 5.73. The molecule has 0 bridgehead atoms. The van der Waals surface area contributed by atoms with Crippen LogP contribution in [0.4, 0.5) is 5.82 Å². The molecular weight excluding hydrogens is 178 g/mol. The number of nitrogens with zero attached hydrogens (tertiary/aromatic N) is 3. The van der Waals surface area contributed by atoms with Gasteiger partial charge in [-0.25, -0.2) is 9.97 Å². The standard InChI is InChI=1S/C9H13N5/c1-7(2-3-10)14-9-6-12-8(4-11)5-13-9/h5-7H,2-3,10H2,1H3,(H,13,14). The van der Waals surface area contributed by atoms with Crippen molar-refractivity contribution < 1.29 is 0 Å². The van der Waals surface area contributed by atoms with E-state index in [1.807, 2.05) is 13.0 Å². The fourth-order valence-electron chi connectivity index (χ4n) is 1.03. The van der Waals surface area contributed by atoms with Crippen LogP contribution < -0.4 is 11.1 Å². The van der Waals surface area contributed by atoms with Crippen LogP contribution in [0.3, 0.4) is 0 Å². The lowest BCUT2D eigenvalue weighted by atomic mass is 10.2. The Balaban J connectivity index is 2.56. The van der Waals surface area contributed by atoms with E-state index in [1.165, 1.54) is 6.20 Å². The highest BCUT2D eigenvalue weighted by Gasteiger charge is 2.01. The molecule has 1 atom stereocenters. The van der Waals surface area contributed by atoms with Crippen molar-refractivity contribution in [3.63, 3.8) is 0 Å². The Kier molecular flexibility index (Phi) is 3.83. The quantitative estimate of drug-likeness (QED) is 0.723. The van der Waals surface area contributed by atoms with Gasteiger partial charge in [0.25, 0.3) is 0 Å². The highest BCUT2D eigenvalue weighted by atomic mass is 15.0. The molecule has 5 heteroatoms. The van der Waals surface area contributed by atoms with Crippen molar-refractivity contribution in [2.45, 2.75) is 19.4 Å². The molecule has 74 valence electrons. The maximum atomic E-state index is 8.51. The highest BCUT2D eigenvalue weighted by molar-refractivity contribution is 5.33. The van der Waals surface area contributed by atoms with Crippen LogP contribution in [0.1, 0.15) is 19.0 Å². The largest absolute Gasteiger partial charge is 0.366 e. The molecule has 0 aliphatic carbocycles. The van der Waals surface area contributed by atoms with Crippen LogP contribution in [0, 0.1) is 11.3 Å². The predicted molar refractivity (Wildman–Crippen MR) is 53.5 cm³/mol. The molecule has 0 aromatic carbocycles. The molecule has 0 saturated heterocycles. The maximum absolute atomic E-state index is 8.51. The van der Waals surface area contributed by atoms with Gasteiger partial charge in [0.2, 0.25) is 0 Å². The highest BCUT2D eigenvalue weighted by Crippen LogP contribution is 2.03. The molecule has 0 spiro atoms. The van der Waals surface area contributed by atoms with Gasteiger partial charge in [-0.15, -0.1) is 0 Å². The third kappa shape index (κ3) is 2.99. The van der Waals surface area contributed by atoms with Gasteiger partial charge in [0, 0.05) is 6.04 Å². The normalized spacial score (nSPS) is 11.8. The number of nitrogens with two attached hydrogens (primary N) is 1. The van der Waals surface area contributed by atoms with Crippen LogP contribution in [0.25, 0.3) is 0 Å². The Labute approximate surface area is 83.0 Å². The van der Waals surface area contributed by atoms with E-state index in [1.54, 1.807) is 6.20 Å². The minimum Gasteiger partial charge on any atom is -0.366 e. The number of anilines is 1. The first-order valence-electron chi connectivity index (χ1n) is 4.45. The summed E-state index contributed by atoms with van der Waals surface area (Å²) in [5, 5.41) is 11.6. The van der Waals surface area contributed by atoms with Gasteiger partial charge in [-0.2, -0.15) is 5.26 Å². The van der Waals surface area contributed by atoms with Crippen molar-refractivity contribution >= 4 is 5.82 Å². The molecule has 1 rings (SSSR count). The van der Waals surface area contributed by atoms with Gasteiger partial charge in [0.05, 0.1) is 12.4 Å². The fourth-order valence-corrected chi connectivity index (χ4v) is 1.03. The maximum Gasteiger partial charge on any atom is 0.158 e. The molecule has 3 N–H and O–H groups in total. The summed E-state index contributed by atoms with van der Waals surface area (Å²) in [5.74, 6) is 0.671. The monoisotopic (exact) mass is 191 g/mol. The van der Waals surface area contributed by atoms with Gasteiger partial charge in [0.15, 0.2) is 5.69 Å². The Morgan fingerprint density at radius 2 is 2.36 bits per heavy atom. The van der Waals surface area contributed by atoms with E-state index in [-0.39, 0.29) is 6.04 Å². The Morgan fingerprint density at radius 1 is 1.57 bits per heavy atom. The van der Waals surface area contributed by atoms with E-state index in [4.69, 9.17) is 11.0 Å². The first kappa shape index (κ1) is 10.4.